The van der Waals surface area contributed by atoms with Crippen LogP contribution in [0.2, 0.25) is 0 Å². The van der Waals surface area contributed by atoms with E-state index in [1.807, 2.05) is 0 Å². The Morgan fingerprint density at radius 3 is 2.61 bits per heavy atom. The molecular formula is C19H28N6O5S. The second-order valence-corrected chi connectivity index (χ2v) is 9.53. The van der Waals surface area contributed by atoms with E-state index in [4.69, 9.17) is 11.1 Å². The third kappa shape index (κ3) is 5.93. The zero-order valence-corrected chi connectivity index (χ0v) is 17.8. The lowest BCUT2D eigenvalue weighted by molar-refractivity contribution is -0.135. The average Bonchev–Trinajstić information content (AvgIpc) is 3.02. The van der Waals surface area contributed by atoms with Crippen molar-refractivity contribution in [2.24, 2.45) is 5.73 Å². The summed E-state index contributed by atoms with van der Waals surface area (Å²) >= 11 is 0. The van der Waals surface area contributed by atoms with E-state index in [0.717, 1.165) is 0 Å². The van der Waals surface area contributed by atoms with Crippen molar-refractivity contribution in [2.75, 3.05) is 19.6 Å². The van der Waals surface area contributed by atoms with Crippen LogP contribution in [0, 0.1) is 5.41 Å². The monoisotopic (exact) mass is 452 g/mol. The van der Waals surface area contributed by atoms with Crippen molar-refractivity contribution in [2.45, 2.75) is 43.3 Å². The zero-order valence-electron chi connectivity index (χ0n) is 17.0. The maximum atomic E-state index is 12.6. The number of amides is 2. The van der Waals surface area contributed by atoms with Crippen LogP contribution in [-0.4, -0.2) is 79.0 Å². The van der Waals surface area contributed by atoms with Gasteiger partial charge in [0.15, 0.2) is 5.96 Å². The van der Waals surface area contributed by atoms with E-state index in [1.165, 1.54) is 9.80 Å². The van der Waals surface area contributed by atoms with Gasteiger partial charge in [-0.05, 0) is 24.8 Å². The Kier molecular flexibility index (Phi) is 7.13. The molecule has 1 unspecified atom stereocenters. The lowest BCUT2D eigenvalue weighted by Crippen LogP contribution is -2.59. The predicted octanol–water partition coefficient (Wildman–Crippen LogP) is -1.50. The second-order valence-electron chi connectivity index (χ2n) is 7.77. The molecule has 0 spiro atoms. The fourth-order valence-electron chi connectivity index (χ4n) is 3.87. The zero-order chi connectivity index (χ0) is 22.6. The van der Waals surface area contributed by atoms with E-state index in [1.54, 1.807) is 30.3 Å². The number of sulfonamides is 1. The topological polar surface area (TPSA) is 169 Å². The number of hydrogen-bond donors (Lipinski definition) is 5. The highest BCUT2D eigenvalue weighted by atomic mass is 32.2. The second kappa shape index (κ2) is 9.62. The molecule has 3 atom stereocenters. The van der Waals surface area contributed by atoms with E-state index in [-0.39, 0.29) is 31.2 Å². The molecule has 0 radical (unpaired) electrons. The molecule has 0 aliphatic carbocycles. The van der Waals surface area contributed by atoms with Crippen molar-refractivity contribution < 1.29 is 23.1 Å². The van der Waals surface area contributed by atoms with Gasteiger partial charge in [-0.25, -0.2) is 13.1 Å². The summed E-state index contributed by atoms with van der Waals surface area (Å²) in [5.41, 5.74) is 6.06. The number of benzene rings is 1. The molecule has 170 valence electrons. The molecule has 2 heterocycles. The van der Waals surface area contributed by atoms with Gasteiger partial charge in [0.05, 0.1) is 18.3 Å². The van der Waals surface area contributed by atoms with Gasteiger partial charge in [0.25, 0.3) is 0 Å². The summed E-state index contributed by atoms with van der Waals surface area (Å²) in [6.07, 6.45) is 0.328. The summed E-state index contributed by atoms with van der Waals surface area (Å²) in [4.78, 5) is 27.6. The minimum atomic E-state index is -3.72. The first-order chi connectivity index (χ1) is 14.7. The van der Waals surface area contributed by atoms with Crippen LogP contribution < -0.4 is 15.8 Å². The molecule has 2 fully saturated rings. The summed E-state index contributed by atoms with van der Waals surface area (Å²) < 4.78 is 27.2. The molecule has 3 rings (SSSR count). The van der Waals surface area contributed by atoms with Gasteiger partial charge in [-0.15, -0.1) is 0 Å². The number of nitrogens with two attached hydrogens (primary N) is 1. The molecule has 11 nitrogen and oxygen atoms in total. The highest BCUT2D eigenvalue weighted by Gasteiger charge is 2.36. The van der Waals surface area contributed by atoms with Crippen LogP contribution in [0.1, 0.15) is 24.8 Å². The summed E-state index contributed by atoms with van der Waals surface area (Å²) in [6.45, 7) is 0.439. The number of nitrogens with zero attached hydrogens (tertiary/aromatic N) is 2. The molecule has 0 saturated carbocycles. The number of nitrogens with one attached hydrogen (secondary N) is 3. The molecule has 1 aromatic rings. The predicted molar refractivity (Wildman–Crippen MR) is 113 cm³/mol. The summed E-state index contributed by atoms with van der Waals surface area (Å²) in [6, 6.07) is 7.14. The molecule has 0 bridgehead atoms. The first kappa shape index (κ1) is 23.0. The normalized spacial score (nSPS) is 24.3. The molecule has 1 aromatic carbocycles. The third-order valence-electron chi connectivity index (χ3n) is 5.40. The SMILES string of the molecule is N=C(N)N1CCC[C@H](NC(=O)CN2CC[C@H](NS(=O)(=O)Cc3ccccc3)C2=O)C1O. The Bertz CT molecular complexity index is 925. The van der Waals surface area contributed by atoms with E-state index < -0.39 is 40.1 Å². The molecule has 2 saturated heterocycles. The van der Waals surface area contributed by atoms with Gasteiger partial charge in [0, 0.05) is 13.1 Å². The molecule has 0 aromatic heterocycles. The van der Waals surface area contributed by atoms with Crippen LogP contribution in [-0.2, 0) is 25.4 Å². The Hall–Kier alpha value is -2.70. The van der Waals surface area contributed by atoms with Gasteiger partial charge in [0.2, 0.25) is 21.8 Å². The maximum Gasteiger partial charge on any atom is 0.241 e. The summed E-state index contributed by atoms with van der Waals surface area (Å²) in [5.74, 6) is -1.42. The van der Waals surface area contributed by atoms with Crippen LogP contribution in [0.25, 0.3) is 0 Å². The average molecular weight is 453 g/mol. The number of aliphatic hydroxyl groups is 1. The highest BCUT2D eigenvalue weighted by Crippen LogP contribution is 2.17. The van der Waals surface area contributed by atoms with Crippen LogP contribution in [0.3, 0.4) is 0 Å². The highest BCUT2D eigenvalue weighted by molar-refractivity contribution is 7.88. The van der Waals surface area contributed by atoms with Gasteiger partial charge in [0.1, 0.15) is 12.3 Å². The summed E-state index contributed by atoms with van der Waals surface area (Å²) in [5, 5.41) is 20.5. The number of carbonyl (C=O) groups is 2. The number of aliphatic hydroxyl groups excluding tert-OH is 1. The van der Waals surface area contributed by atoms with E-state index in [0.29, 0.717) is 24.9 Å². The largest absolute Gasteiger partial charge is 0.371 e. The van der Waals surface area contributed by atoms with Crippen molar-refractivity contribution >= 4 is 27.8 Å². The molecule has 2 aliphatic heterocycles. The van der Waals surface area contributed by atoms with Gasteiger partial charge in [-0.3, -0.25) is 15.0 Å². The van der Waals surface area contributed by atoms with Crippen molar-refractivity contribution in [3.05, 3.63) is 35.9 Å². The lowest BCUT2D eigenvalue weighted by atomic mass is 10.0. The van der Waals surface area contributed by atoms with Crippen molar-refractivity contribution in [1.29, 1.82) is 5.41 Å². The van der Waals surface area contributed by atoms with Crippen molar-refractivity contribution in [3.8, 4) is 0 Å². The van der Waals surface area contributed by atoms with Gasteiger partial charge in [-0.1, -0.05) is 30.3 Å². The first-order valence-electron chi connectivity index (χ1n) is 10.1. The van der Waals surface area contributed by atoms with Crippen molar-refractivity contribution in [1.82, 2.24) is 19.8 Å². The van der Waals surface area contributed by atoms with Gasteiger partial charge in [-0.2, -0.15) is 0 Å². The Balaban J connectivity index is 1.51. The number of hydrogen-bond acceptors (Lipinski definition) is 6. The minimum Gasteiger partial charge on any atom is -0.371 e. The number of piperidine rings is 1. The number of guanidine groups is 1. The lowest BCUT2D eigenvalue weighted by Gasteiger charge is -2.38. The van der Waals surface area contributed by atoms with Crippen molar-refractivity contribution in [3.63, 3.8) is 0 Å². The van der Waals surface area contributed by atoms with E-state index in [9.17, 15) is 23.1 Å². The standard InChI is InChI=1S/C19H28N6O5S/c20-19(21)25-9-4-7-14(18(25)28)22-16(26)11-24-10-8-15(17(24)27)23-31(29,30)12-13-5-2-1-3-6-13/h1-3,5-6,14-15,18,23,28H,4,7-12H2,(H3,20,21)(H,22,26)/t14-,15-,18?/m0/s1. The van der Waals surface area contributed by atoms with Gasteiger partial charge < -0.3 is 26.0 Å². The first-order valence-corrected chi connectivity index (χ1v) is 11.7. The van der Waals surface area contributed by atoms with Crippen LogP contribution in [0.4, 0.5) is 0 Å². The van der Waals surface area contributed by atoms with Gasteiger partial charge >= 0.3 is 0 Å². The third-order valence-corrected chi connectivity index (χ3v) is 6.76. The maximum absolute atomic E-state index is 12.6. The smallest absolute Gasteiger partial charge is 0.241 e. The molecule has 2 amide bonds. The molecule has 31 heavy (non-hydrogen) atoms. The minimum absolute atomic E-state index is 0.232. The molecule has 2 aliphatic rings. The Morgan fingerprint density at radius 1 is 1.23 bits per heavy atom. The Morgan fingerprint density at radius 2 is 1.94 bits per heavy atom. The summed E-state index contributed by atoms with van der Waals surface area (Å²) in [7, 11) is -3.72. The molecular weight excluding hydrogens is 424 g/mol. The molecule has 12 heteroatoms. The van der Waals surface area contributed by atoms with E-state index in [2.05, 4.69) is 10.0 Å². The van der Waals surface area contributed by atoms with Crippen LogP contribution in [0.5, 0.6) is 0 Å². The fourth-order valence-corrected chi connectivity index (χ4v) is 5.24. The number of carbonyl (C=O) groups excluding carboxylic acids is 2. The number of rotatable bonds is 7. The van der Waals surface area contributed by atoms with Crippen LogP contribution >= 0.6 is 0 Å². The molecule has 6 N–H and O–H groups in total. The Labute approximate surface area is 181 Å². The van der Waals surface area contributed by atoms with Crippen LogP contribution in [0.15, 0.2) is 30.3 Å². The number of likely N-dealkylation sites (tertiary alicyclic amines) is 2. The van der Waals surface area contributed by atoms with E-state index >= 15 is 0 Å². The quantitative estimate of drug-likeness (QED) is 0.248. The fraction of sp³-hybridized carbons (Fsp3) is 0.526.